The van der Waals surface area contributed by atoms with Gasteiger partial charge < -0.3 is 4.74 Å². The minimum absolute atomic E-state index is 0.0819. The summed E-state index contributed by atoms with van der Waals surface area (Å²) in [6, 6.07) is -0.0819. The lowest BCUT2D eigenvalue weighted by molar-refractivity contribution is -0.144. The van der Waals surface area contributed by atoms with Gasteiger partial charge in [-0.3, -0.25) is 10.1 Å². The Labute approximate surface area is 83.6 Å². The molecule has 0 saturated carbocycles. The van der Waals surface area contributed by atoms with Crippen molar-refractivity contribution in [3.05, 3.63) is 0 Å². The van der Waals surface area contributed by atoms with Gasteiger partial charge in [0, 0.05) is 5.75 Å². The number of thioether (sulfide) groups is 1. The van der Waals surface area contributed by atoms with Crippen LogP contribution in [0.2, 0.25) is 0 Å². The van der Waals surface area contributed by atoms with E-state index in [4.69, 9.17) is 4.74 Å². The van der Waals surface area contributed by atoms with Crippen LogP contribution in [-0.2, 0) is 9.53 Å². The molecule has 1 saturated heterocycles. The fraction of sp³-hybridized carbons (Fsp3) is 0.889. The molecule has 1 rings (SSSR count). The second-order valence-corrected chi connectivity index (χ2v) is 4.32. The highest BCUT2D eigenvalue weighted by molar-refractivity contribution is 8.00. The van der Waals surface area contributed by atoms with Gasteiger partial charge >= 0.3 is 5.97 Å². The zero-order chi connectivity index (χ0) is 9.68. The van der Waals surface area contributed by atoms with E-state index in [2.05, 4.69) is 12.2 Å². The van der Waals surface area contributed by atoms with Crippen molar-refractivity contribution < 1.29 is 9.53 Å². The smallest absolute Gasteiger partial charge is 0.324 e. The Morgan fingerprint density at radius 3 is 3.00 bits per heavy atom. The predicted octanol–water partition coefficient (Wildman–Crippen LogP) is 1.38. The van der Waals surface area contributed by atoms with Gasteiger partial charge in [0.1, 0.15) is 6.04 Å². The van der Waals surface area contributed by atoms with Gasteiger partial charge in [-0.15, -0.1) is 11.8 Å². The van der Waals surface area contributed by atoms with E-state index in [0.29, 0.717) is 12.0 Å². The minimum atomic E-state index is -0.103. The highest BCUT2D eigenvalue weighted by atomic mass is 32.2. The standard InChI is InChI=1S/C9H17NO2S/c1-3-5-8-10-7(6-13-8)9(11)12-4-2/h7-8,10H,3-6H2,1-2H3. The number of carbonyl (C=O) groups is 1. The summed E-state index contributed by atoms with van der Waals surface area (Å²) in [6.07, 6.45) is 2.28. The Bertz CT molecular complexity index is 175. The topological polar surface area (TPSA) is 38.3 Å². The van der Waals surface area contributed by atoms with Crippen LogP contribution in [0.15, 0.2) is 0 Å². The summed E-state index contributed by atoms with van der Waals surface area (Å²) in [5, 5.41) is 3.71. The van der Waals surface area contributed by atoms with Gasteiger partial charge in [0.15, 0.2) is 0 Å². The predicted molar refractivity (Wildman–Crippen MR) is 54.7 cm³/mol. The maximum absolute atomic E-state index is 11.3. The van der Waals surface area contributed by atoms with Crippen LogP contribution in [0.25, 0.3) is 0 Å². The molecule has 0 radical (unpaired) electrons. The molecule has 1 aliphatic rings. The third-order valence-electron chi connectivity index (χ3n) is 1.97. The molecule has 1 N–H and O–H groups in total. The molecular formula is C9H17NO2S. The Balaban J connectivity index is 2.27. The van der Waals surface area contributed by atoms with Crippen LogP contribution < -0.4 is 5.32 Å². The maximum Gasteiger partial charge on any atom is 0.324 e. The molecule has 13 heavy (non-hydrogen) atoms. The van der Waals surface area contributed by atoms with Crippen LogP contribution in [0.1, 0.15) is 26.7 Å². The first-order valence-corrected chi connectivity index (χ1v) is 5.87. The molecule has 0 spiro atoms. The molecule has 1 heterocycles. The van der Waals surface area contributed by atoms with E-state index in [-0.39, 0.29) is 12.0 Å². The average Bonchev–Trinajstić information content (AvgIpc) is 2.54. The third-order valence-corrected chi connectivity index (χ3v) is 3.27. The molecule has 1 fully saturated rings. The fourth-order valence-corrected chi connectivity index (χ4v) is 2.66. The molecule has 0 aromatic carbocycles. The van der Waals surface area contributed by atoms with Gasteiger partial charge in [0.2, 0.25) is 0 Å². The molecule has 1 aliphatic heterocycles. The van der Waals surface area contributed by atoms with Crippen molar-refractivity contribution in [2.45, 2.75) is 38.1 Å². The average molecular weight is 203 g/mol. The van der Waals surface area contributed by atoms with Crippen molar-refractivity contribution in [3.8, 4) is 0 Å². The number of rotatable bonds is 4. The van der Waals surface area contributed by atoms with E-state index < -0.39 is 0 Å². The molecule has 2 atom stereocenters. The number of esters is 1. The summed E-state index contributed by atoms with van der Waals surface area (Å²) in [4.78, 5) is 11.3. The van der Waals surface area contributed by atoms with Crippen LogP contribution in [0.3, 0.4) is 0 Å². The van der Waals surface area contributed by atoms with Gasteiger partial charge in [-0.05, 0) is 13.3 Å². The van der Waals surface area contributed by atoms with Crippen molar-refractivity contribution in [2.75, 3.05) is 12.4 Å². The van der Waals surface area contributed by atoms with Crippen molar-refractivity contribution in [1.82, 2.24) is 5.32 Å². The van der Waals surface area contributed by atoms with Crippen LogP contribution in [0, 0.1) is 0 Å². The molecule has 2 unspecified atom stereocenters. The van der Waals surface area contributed by atoms with Crippen molar-refractivity contribution in [3.63, 3.8) is 0 Å². The lowest BCUT2D eigenvalue weighted by atomic mass is 10.3. The Kier molecular flexibility index (Phi) is 4.59. The summed E-state index contributed by atoms with van der Waals surface area (Å²) in [7, 11) is 0. The molecule has 0 aliphatic carbocycles. The molecular weight excluding hydrogens is 186 g/mol. The monoisotopic (exact) mass is 203 g/mol. The number of hydrogen-bond acceptors (Lipinski definition) is 4. The quantitative estimate of drug-likeness (QED) is 0.701. The number of nitrogens with one attached hydrogen (secondary N) is 1. The zero-order valence-electron chi connectivity index (χ0n) is 8.21. The van der Waals surface area contributed by atoms with Crippen molar-refractivity contribution in [2.24, 2.45) is 0 Å². The molecule has 4 heteroatoms. The lowest BCUT2D eigenvalue weighted by Gasteiger charge is -2.11. The van der Waals surface area contributed by atoms with E-state index >= 15 is 0 Å². The highest BCUT2D eigenvalue weighted by Crippen LogP contribution is 2.22. The minimum Gasteiger partial charge on any atom is -0.465 e. The van der Waals surface area contributed by atoms with Crippen molar-refractivity contribution in [1.29, 1.82) is 0 Å². The first-order chi connectivity index (χ1) is 6.27. The largest absolute Gasteiger partial charge is 0.465 e. The normalized spacial score (nSPS) is 27.5. The molecule has 76 valence electrons. The zero-order valence-corrected chi connectivity index (χ0v) is 9.02. The summed E-state index contributed by atoms with van der Waals surface area (Å²) >= 11 is 1.82. The van der Waals surface area contributed by atoms with E-state index in [1.165, 1.54) is 0 Å². The van der Waals surface area contributed by atoms with E-state index in [9.17, 15) is 4.79 Å². The van der Waals surface area contributed by atoms with Crippen LogP contribution >= 0.6 is 11.8 Å². The second kappa shape index (κ2) is 5.50. The number of hydrogen-bond donors (Lipinski definition) is 1. The van der Waals surface area contributed by atoms with Gasteiger partial charge in [-0.1, -0.05) is 13.3 Å². The molecule has 0 aromatic rings. The van der Waals surface area contributed by atoms with E-state index in [1.807, 2.05) is 18.7 Å². The first-order valence-electron chi connectivity index (χ1n) is 4.82. The van der Waals surface area contributed by atoms with Crippen LogP contribution in [-0.4, -0.2) is 29.7 Å². The van der Waals surface area contributed by atoms with Crippen LogP contribution in [0.5, 0.6) is 0 Å². The van der Waals surface area contributed by atoms with E-state index in [1.54, 1.807) is 0 Å². The van der Waals surface area contributed by atoms with Gasteiger partial charge in [-0.25, -0.2) is 0 Å². The molecule has 0 bridgehead atoms. The fourth-order valence-electron chi connectivity index (χ4n) is 1.34. The highest BCUT2D eigenvalue weighted by Gasteiger charge is 2.29. The molecule has 0 amide bonds. The number of carbonyl (C=O) groups excluding carboxylic acids is 1. The summed E-state index contributed by atoms with van der Waals surface area (Å²) < 4.78 is 4.94. The summed E-state index contributed by atoms with van der Waals surface area (Å²) in [6.45, 7) is 4.46. The second-order valence-electron chi connectivity index (χ2n) is 3.08. The first kappa shape index (κ1) is 10.9. The Morgan fingerprint density at radius 1 is 1.62 bits per heavy atom. The van der Waals surface area contributed by atoms with Crippen molar-refractivity contribution >= 4 is 17.7 Å². The van der Waals surface area contributed by atoms with Gasteiger partial charge in [-0.2, -0.15) is 0 Å². The molecule has 0 aromatic heterocycles. The Hall–Kier alpha value is -0.220. The SMILES string of the molecule is CCCC1NC(C(=O)OCC)CS1. The number of ether oxygens (including phenoxy) is 1. The summed E-state index contributed by atoms with van der Waals surface area (Å²) in [5.41, 5.74) is 0. The van der Waals surface area contributed by atoms with Gasteiger partial charge in [0.25, 0.3) is 0 Å². The van der Waals surface area contributed by atoms with E-state index in [0.717, 1.165) is 18.6 Å². The van der Waals surface area contributed by atoms with Gasteiger partial charge in [0.05, 0.1) is 12.0 Å². The maximum atomic E-state index is 11.3. The van der Waals surface area contributed by atoms with Crippen LogP contribution in [0.4, 0.5) is 0 Å². The summed E-state index contributed by atoms with van der Waals surface area (Å²) in [5.74, 6) is 0.748. The lowest BCUT2D eigenvalue weighted by Crippen LogP contribution is -2.37. The third kappa shape index (κ3) is 3.19. The Morgan fingerprint density at radius 2 is 2.38 bits per heavy atom. The molecule has 3 nitrogen and oxygen atoms in total.